The topological polar surface area (TPSA) is 200 Å². The summed E-state index contributed by atoms with van der Waals surface area (Å²) < 4.78 is 29.2. The van der Waals surface area contributed by atoms with E-state index in [9.17, 15) is 19.2 Å². The van der Waals surface area contributed by atoms with Gasteiger partial charge in [0, 0.05) is 47.3 Å². The molecular formula is C49H56Cl2N8O9S2. The maximum absolute atomic E-state index is 13.4. The van der Waals surface area contributed by atoms with E-state index in [4.69, 9.17) is 46.9 Å². The fourth-order valence-electron chi connectivity index (χ4n) is 7.67. The monoisotopic (exact) mass is 1030 g/mol. The minimum Gasteiger partial charge on any atom is -0.466 e. The zero-order valence-corrected chi connectivity index (χ0v) is 42.8. The van der Waals surface area contributed by atoms with Gasteiger partial charge in [0.05, 0.1) is 55.4 Å². The number of esters is 2. The standard InChI is InChI=1S/C49H56Cl2N8O9S2/c1-6-9-18-40-54-44(51)39(7-2)58(40)29-32-19-21-33(22-20-32)34-14-10-11-15-35(34)45-55-57-59(56-45)49(63)68-26-28-70-69-27-25-67-48(62)52-23-24-65-30-38-43(47(61)66-8-3)42(36-16-12-13-17-37(36)50)41(31(4)53-38)46(60)64-5/h10-17,19-22,42,53H,6-9,18,23-30H2,1-5H3,(H,52,62). The summed E-state index contributed by atoms with van der Waals surface area (Å²) in [5.41, 5.74) is 6.48. The third-order valence-electron chi connectivity index (χ3n) is 10.9. The molecule has 0 fully saturated rings. The zero-order chi connectivity index (χ0) is 50.0. The van der Waals surface area contributed by atoms with Crippen LogP contribution in [0.1, 0.15) is 69.1 Å². The third kappa shape index (κ3) is 13.9. The number of hydrogen-bond donors (Lipinski definition) is 2. The quantitative estimate of drug-likeness (QED) is 0.0256. The van der Waals surface area contributed by atoms with E-state index >= 15 is 0 Å². The molecule has 0 saturated carbocycles. The summed E-state index contributed by atoms with van der Waals surface area (Å²) in [4.78, 5) is 57.0. The number of methoxy groups -OCH3 is 1. The first-order valence-corrected chi connectivity index (χ1v) is 26.1. The molecular weight excluding hydrogens is 980 g/mol. The predicted octanol–water partition coefficient (Wildman–Crippen LogP) is 9.22. The largest absolute Gasteiger partial charge is 0.466 e. The molecule has 0 spiro atoms. The summed E-state index contributed by atoms with van der Waals surface area (Å²) in [6, 6.07) is 22.9. The summed E-state index contributed by atoms with van der Waals surface area (Å²) >= 11 is 13.1. The third-order valence-corrected chi connectivity index (χ3v) is 13.9. The number of rotatable bonds is 24. The van der Waals surface area contributed by atoms with Crippen molar-refractivity contribution in [2.24, 2.45) is 0 Å². The Labute approximate surface area is 424 Å². The minimum atomic E-state index is -0.879. The van der Waals surface area contributed by atoms with Crippen LogP contribution in [0.25, 0.3) is 22.5 Å². The Morgan fingerprint density at radius 3 is 2.26 bits per heavy atom. The first kappa shape index (κ1) is 53.5. The van der Waals surface area contributed by atoms with Crippen LogP contribution in [-0.2, 0) is 52.7 Å². The van der Waals surface area contributed by atoms with E-state index in [2.05, 4.69) is 73.7 Å². The number of tetrazole rings is 1. The predicted molar refractivity (Wildman–Crippen MR) is 271 cm³/mol. The van der Waals surface area contributed by atoms with Crippen molar-refractivity contribution in [1.29, 1.82) is 0 Å². The van der Waals surface area contributed by atoms with Crippen molar-refractivity contribution in [2.45, 2.75) is 65.8 Å². The van der Waals surface area contributed by atoms with E-state index in [1.165, 1.54) is 28.7 Å². The highest BCUT2D eigenvalue weighted by Crippen LogP contribution is 2.42. The molecule has 0 radical (unpaired) electrons. The summed E-state index contributed by atoms with van der Waals surface area (Å²) in [5, 5.41) is 19.1. The number of aromatic nitrogens is 6. The number of aryl methyl sites for hydroxylation is 1. The van der Waals surface area contributed by atoms with Crippen LogP contribution in [0.2, 0.25) is 10.2 Å². The van der Waals surface area contributed by atoms with E-state index in [0.29, 0.717) is 50.7 Å². The number of carbonyl (C=O) groups excluding carboxylic acids is 4. The number of hydrogen-bond acceptors (Lipinski definition) is 16. The minimum absolute atomic E-state index is 0.0621. The first-order chi connectivity index (χ1) is 34.0. The lowest BCUT2D eigenvalue weighted by atomic mass is 9.80. The van der Waals surface area contributed by atoms with Crippen molar-refractivity contribution < 1.29 is 42.9 Å². The molecule has 3 heterocycles. The number of alkyl carbamates (subject to hydrolysis) is 1. The summed E-state index contributed by atoms with van der Waals surface area (Å²) in [7, 11) is 4.17. The smallest absolute Gasteiger partial charge is 0.453 e. The van der Waals surface area contributed by atoms with Crippen LogP contribution in [0.15, 0.2) is 95.3 Å². The van der Waals surface area contributed by atoms with E-state index in [-0.39, 0.29) is 56.5 Å². The van der Waals surface area contributed by atoms with Crippen LogP contribution in [0.4, 0.5) is 9.59 Å². The molecule has 17 nitrogen and oxygen atoms in total. The van der Waals surface area contributed by atoms with Crippen molar-refractivity contribution in [3.63, 3.8) is 0 Å². The van der Waals surface area contributed by atoms with Gasteiger partial charge in [-0.15, -0.1) is 10.2 Å². The molecule has 0 saturated heterocycles. The number of amides is 1. The van der Waals surface area contributed by atoms with Crippen molar-refractivity contribution in [3.05, 3.63) is 128 Å². The fourth-order valence-corrected chi connectivity index (χ4v) is 9.91. The Hall–Kier alpha value is -5.86. The number of ether oxygens (including phenoxy) is 5. The molecule has 0 bridgehead atoms. The molecule has 1 aliphatic heterocycles. The van der Waals surface area contributed by atoms with Crippen LogP contribution in [0, 0.1) is 0 Å². The SMILES string of the molecule is CCCCc1nc(Cl)c(CC)n1Cc1ccc(-c2ccccc2-c2nnn(C(=O)OCCSSCCOC(=O)NCCOCC3=C(C(=O)OCC)C(c4ccccc4Cl)C(C(=O)OC)=C(C)N3)n2)cc1. The molecule has 0 aliphatic carbocycles. The Morgan fingerprint density at radius 1 is 0.843 bits per heavy atom. The van der Waals surface area contributed by atoms with Crippen LogP contribution in [0.3, 0.4) is 0 Å². The summed E-state index contributed by atoms with van der Waals surface area (Å²) in [6.07, 6.45) is 2.42. The van der Waals surface area contributed by atoms with Gasteiger partial charge in [-0.2, -0.15) is 0 Å². The van der Waals surface area contributed by atoms with Crippen molar-refractivity contribution >= 4 is 68.9 Å². The maximum atomic E-state index is 13.4. The summed E-state index contributed by atoms with van der Waals surface area (Å²) in [5.74, 6) is 0.101. The van der Waals surface area contributed by atoms with E-state index in [0.717, 1.165) is 58.7 Å². The van der Waals surface area contributed by atoms with Gasteiger partial charge in [-0.1, -0.05) is 137 Å². The van der Waals surface area contributed by atoms with E-state index < -0.39 is 30.0 Å². The Morgan fingerprint density at radius 2 is 1.56 bits per heavy atom. The number of nitrogens with zero attached hydrogens (tertiary/aromatic N) is 6. The Bertz CT molecular complexity index is 2670. The molecule has 70 heavy (non-hydrogen) atoms. The van der Waals surface area contributed by atoms with Gasteiger partial charge < -0.3 is 38.9 Å². The van der Waals surface area contributed by atoms with Gasteiger partial charge in [0.15, 0.2) is 5.15 Å². The zero-order valence-electron chi connectivity index (χ0n) is 39.6. The highest BCUT2D eigenvalue weighted by Gasteiger charge is 2.39. The number of carbonyl (C=O) groups is 4. The van der Waals surface area contributed by atoms with Gasteiger partial charge in [0.25, 0.3) is 0 Å². The van der Waals surface area contributed by atoms with E-state index in [1.54, 1.807) is 38.1 Å². The molecule has 2 aromatic heterocycles. The lowest BCUT2D eigenvalue weighted by Gasteiger charge is -2.31. The molecule has 3 aromatic carbocycles. The molecule has 1 amide bonds. The number of nitrogens with one attached hydrogen (secondary N) is 2. The fraction of sp³-hybridized carbons (Fsp3) is 0.388. The molecule has 1 aliphatic rings. The second-order valence-electron chi connectivity index (χ2n) is 15.5. The van der Waals surface area contributed by atoms with Crippen molar-refractivity contribution in [3.8, 4) is 22.5 Å². The number of halogens is 2. The maximum Gasteiger partial charge on any atom is 0.453 e. The van der Waals surface area contributed by atoms with Gasteiger partial charge in [0.2, 0.25) is 5.82 Å². The summed E-state index contributed by atoms with van der Waals surface area (Å²) in [6.45, 7) is 8.79. The van der Waals surface area contributed by atoms with Crippen LogP contribution >= 0.6 is 44.8 Å². The number of allylic oxidation sites excluding steroid dienone is 1. The molecule has 6 rings (SSSR count). The Balaban J connectivity index is 0.897. The number of unbranched alkanes of at least 4 members (excludes halogenated alkanes) is 1. The highest BCUT2D eigenvalue weighted by atomic mass is 35.5. The van der Waals surface area contributed by atoms with Gasteiger partial charge >= 0.3 is 24.1 Å². The van der Waals surface area contributed by atoms with Gasteiger partial charge in [-0.3, -0.25) is 0 Å². The molecule has 5 aromatic rings. The Kier molecular flexibility index (Phi) is 20.6. The highest BCUT2D eigenvalue weighted by molar-refractivity contribution is 8.76. The average Bonchev–Trinajstić information content (AvgIpc) is 3.98. The normalized spacial score (nSPS) is 13.5. The van der Waals surface area contributed by atoms with Gasteiger partial charge in [-0.05, 0) is 60.2 Å². The second-order valence-corrected chi connectivity index (χ2v) is 19.0. The van der Waals surface area contributed by atoms with Crippen molar-refractivity contribution in [1.82, 2.24) is 40.4 Å². The lowest BCUT2D eigenvalue weighted by molar-refractivity contribution is -0.139. The first-order valence-electron chi connectivity index (χ1n) is 22.8. The van der Waals surface area contributed by atoms with Crippen molar-refractivity contribution in [2.75, 3.05) is 58.2 Å². The van der Waals surface area contributed by atoms with Gasteiger partial charge in [0.1, 0.15) is 19.0 Å². The van der Waals surface area contributed by atoms with Crippen LogP contribution in [-0.4, -0.2) is 112 Å². The number of imidazole rings is 1. The number of dihydropyridines is 1. The molecule has 2 N–H and O–H groups in total. The average molecular weight is 1040 g/mol. The number of benzene rings is 3. The lowest BCUT2D eigenvalue weighted by Crippen LogP contribution is -2.35. The molecule has 1 atom stereocenters. The van der Waals surface area contributed by atoms with Crippen LogP contribution in [0.5, 0.6) is 0 Å². The molecule has 372 valence electrons. The van der Waals surface area contributed by atoms with E-state index in [1.807, 2.05) is 24.3 Å². The van der Waals surface area contributed by atoms with Crippen LogP contribution < -0.4 is 10.6 Å². The molecule has 1 unspecified atom stereocenters. The second kappa shape index (κ2) is 26.9. The molecule has 21 heteroatoms. The van der Waals surface area contributed by atoms with Gasteiger partial charge in [-0.25, -0.2) is 24.2 Å².